The van der Waals surface area contributed by atoms with Crippen molar-refractivity contribution in [2.45, 2.75) is 18.9 Å². The topological polar surface area (TPSA) is 75.6 Å². The number of benzene rings is 1. The third-order valence-corrected chi connectivity index (χ3v) is 3.80. The number of amides is 1. The zero-order valence-corrected chi connectivity index (χ0v) is 11.9. The van der Waals surface area contributed by atoms with Gasteiger partial charge in [-0.3, -0.25) is 4.79 Å². The second-order valence-corrected chi connectivity index (χ2v) is 5.25. The third kappa shape index (κ3) is 3.71. The first kappa shape index (κ1) is 15.7. The highest BCUT2D eigenvalue weighted by atomic mass is 35.5. The van der Waals surface area contributed by atoms with Crippen LogP contribution in [0.4, 0.5) is 4.39 Å². The maximum Gasteiger partial charge on any atom is 0.326 e. The number of rotatable bonds is 4. The maximum absolute atomic E-state index is 13.3. The van der Waals surface area contributed by atoms with Crippen LogP contribution in [0.25, 0.3) is 0 Å². The monoisotopic (exact) mass is 315 g/mol. The highest BCUT2D eigenvalue weighted by Gasteiger charge is 2.32. The van der Waals surface area contributed by atoms with E-state index in [2.05, 4.69) is 5.32 Å². The van der Waals surface area contributed by atoms with Crippen molar-refractivity contribution in [3.8, 4) is 0 Å². The van der Waals surface area contributed by atoms with Crippen LogP contribution in [-0.2, 0) is 9.53 Å². The molecule has 1 amide bonds. The molecule has 1 aliphatic rings. The molecule has 0 spiro atoms. The van der Waals surface area contributed by atoms with Gasteiger partial charge in [0.25, 0.3) is 5.91 Å². The second-order valence-electron chi connectivity index (χ2n) is 4.87. The van der Waals surface area contributed by atoms with E-state index in [4.69, 9.17) is 16.3 Å². The molecule has 0 aromatic heterocycles. The first-order valence-electron chi connectivity index (χ1n) is 6.56. The van der Waals surface area contributed by atoms with Crippen molar-refractivity contribution in [1.29, 1.82) is 0 Å². The number of ether oxygens (including phenoxy) is 1. The van der Waals surface area contributed by atoms with Gasteiger partial charge in [0, 0.05) is 12.5 Å². The lowest BCUT2D eigenvalue weighted by molar-refractivity contribution is -0.142. The van der Waals surface area contributed by atoms with E-state index in [-0.39, 0.29) is 23.1 Å². The van der Waals surface area contributed by atoms with Gasteiger partial charge in [-0.25, -0.2) is 9.18 Å². The van der Waals surface area contributed by atoms with E-state index in [9.17, 15) is 19.1 Å². The van der Waals surface area contributed by atoms with Crippen LogP contribution in [0.2, 0.25) is 5.02 Å². The van der Waals surface area contributed by atoms with Crippen LogP contribution < -0.4 is 5.32 Å². The van der Waals surface area contributed by atoms with Gasteiger partial charge in [0.15, 0.2) is 0 Å². The molecule has 7 heteroatoms. The van der Waals surface area contributed by atoms with Gasteiger partial charge in [-0.15, -0.1) is 0 Å². The highest BCUT2D eigenvalue weighted by molar-refractivity contribution is 6.34. The van der Waals surface area contributed by atoms with Crippen molar-refractivity contribution >= 4 is 23.5 Å². The molecule has 1 aromatic rings. The Morgan fingerprint density at radius 1 is 1.48 bits per heavy atom. The molecule has 0 aliphatic carbocycles. The largest absolute Gasteiger partial charge is 0.480 e. The number of carboxylic acids is 1. The number of hydrogen-bond donors (Lipinski definition) is 2. The van der Waals surface area contributed by atoms with Gasteiger partial charge in [-0.2, -0.15) is 0 Å². The fourth-order valence-electron chi connectivity index (χ4n) is 2.31. The Balaban J connectivity index is 2.14. The Morgan fingerprint density at radius 3 is 2.86 bits per heavy atom. The zero-order valence-electron chi connectivity index (χ0n) is 11.1. The standard InChI is InChI=1S/C14H15ClFNO4/c15-11-9(4-1-5-10(11)16)13(18)17-12(14(19)20)8-3-2-6-21-7-8/h1,4-5,8,12H,2-3,6-7H2,(H,17,18)(H,19,20). The molecule has 0 bridgehead atoms. The lowest BCUT2D eigenvalue weighted by Crippen LogP contribution is -2.48. The van der Waals surface area contributed by atoms with Crippen LogP contribution in [0.5, 0.6) is 0 Å². The molecule has 2 unspecified atom stereocenters. The average Bonchev–Trinajstić information content (AvgIpc) is 2.48. The van der Waals surface area contributed by atoms with Gasteiger partial charge in [0.1, 0.15) is 11.9 Å². The zero-order chi connectivity index (χ0) is 15.4. The molecule has 5 nitrogen and oxygen atoms in total. The normalized spacial score (nSPS) is 19.8. The second kappa shape index (κ2) is 6.87. The minimum atomic E-state index is -1.15. The number of nitrogens with one attached hydrogen (secondary N) is 1. The summed E-state index contributed by atoms with van der Waals surface area (Å²) in [4.78, 5) is 23.4. The van der Waals surface area contributed by atoms with Crippen molar-refractivity contribution < 1.29 is 23.8 Å². The maximum atomic E-state index is 13.3. The van der Waals surface area contributed by atoms with E-state index < -0.39 is 23.7 Å². The van der Waals surface area contributed by atoms with Crippen molar-refractivity contribution in [2.75, 3.05) is 13.2 Å². The minimum Gasteiger partial charge on any atom is -0.480 e. The number of halogens is 2. The van der Waals surface area contributed by atoms with Gasteiger partial charge in [0.2, 0.25) is 0 Å². The first-order chi connectivity index (χ1) is 10.0. The number of hydrogen-bond acceptors (Lipinski definition) is 3. The summed E-state index contributed by atoms with van der Waals surface area (Å²) in [5, 5.41) is 11.3. The van der Waals surface area contributed by atoms with Gasteiger partial charge in [0.05, 0.1) is 17.2 Å². The molecule has 1 saturated heterocycles. The summed E-state index contributed by atoms with van der Waals surface area (Å²) in [5.74, 6) is -2.89. The molecule has 1 fully saturated rings. The van der Waals surface area contributed by atoms with E-state index in [1.165, 1.54) is 12.1 Å². The number of carbonyl (C=O) groups excluding carboxylic acids is 1. The number of carboxylic acid groups (broad SMARTS) is 1. The van der Waals surface area contributed by atoms with Crippen molar-refractivity contribution in [3.05, 3.63) is 34.6 Å². The van der Waals surface area contributed by atoms with Crippen LogP contribution in [-0.4, -0.2) is 36.2 Å². The molecular weight excluding hydrogens is 301 g/mol. The van der Waals surface area contributed by atoms with E-state index in [1.807, 2.05) is 0 Å². The smallest absolute Gasteiger partial charge is 0.326 e. The molecule has 0 saturated carbocycles. The molecular formula is C14H15ClFNO4. The molecule has 1 aliphatic heterocycles. The van der Waals surface area contributed by atoms with Crippen molar-refractivity contribution in [2.24, 2.45) is 5.92 Å². The summed E-state index contributed by atoms with van der Waals surface area (Å²) in [6, 6.07) is 2.73. The Bertz CT molecular complexity index is 546. The summed E-state index contributed by atoms with van der Waals surface area (Å²) in [6.45, 7) is 0.862. The minimum absolute atomic E-state index is 0.0837. The molecule has 114 valence electrons. The Labute approximate surface area is 126 Å². The highest BCUT2D eigenvalue weighted by Crippen LogP contribution is 2.21. The summed E-state index contributed by atoms with van der Waals surface area (Å²) >= 11 is 5.73. The first-order valence-corrected chi connectivity index (χ1v) is 6.94. The summed E-state index contributed by atoms with van der Waals surface area (Å²) < 4.78 is 18.6. The predicted octanol–water partition coefficient (Wildman–Crippen LogP) is 2.09. The van der Waals surface area contributed by atoms with Gasteiger partial charge >= 0.3 is 5.97 Å². The molecule has 1 aromatic carbocycles. The fourth-order valence-corrected chi connectivity index (χ4v) is 2.52. The molecule has 2 rings (SSSR count). The quantitative estimate of drug-likeness (QED) is 0.892. The van der Waals surface area contributed by atoms with Gasteiger partial charge in [-0.1, -0.05) is 17.7 Å². The SMILES string of the molecule is O=C(NC(C(=O)O)C1CCCOC1)c1cccc(F)c1Cl. The molecule has 21 heavy (non-hydrogen) atoms. The van der Waals surface area contributed by atoms with Crippen LogP contribution in [0, 0.1) is 11.7 Å². The Kier molecular flexibility index (Phi) is 5.14. The van der Waals surface area contributed by atoms with Crippen molar-refractivity contribution in [3.63, 3.8) is 0 Å². The molecule has 2 N–H and O–H groups in total. The van der Waals surface area contributed by atoms with Gasteiger partial charge < -0.3 is 15.2 Å². The summed E-state index contributed by atoms with van der Waals surface area (Å²) in [7, 11) is 0. The van der Waals surface area contributed by atoms with Crippen LogP contribution in [0.15, 0.2) is 18.2 Å². The number of aliphatic carboxylic acids is 1. The Hall–Kier alpha value is -1.66. The summed E-state index contributed by atoms with van der Waals surface area (Å²) in [5.41, 5.74) is -0.0837. The van der Waals surface area contributed by atoms with E-state index >= 15 is 0 Å². The van der Waals surface area contributed by atoms with Crippen LogP contribution in [0.3, 0.4) is 0 Å². The number of carbonyl (C=O) groups is 2. The van der Waals surface area contributed by atoms with E-state index in [0.717, 1.165) is 12.5 Å². The summed E-state index contributed by atoms with van der Waals surface area (Å²) in [6.07, 6.45) is 1.39. The fraction of sp³-hybridized carbons (Fsp3) is 0.429. The lowest BCUT2D eigenvalue weighted by atomic mass is 9.93. The predicted molar refractivity (Wildman–Crippen MR) is 73.8 cm³/mol. The molecule has 0 radical (unpaired) electrons. The van der Waals surface area contributed by atoms with Crippen LogP contribution in [0.1, 0.15) is 23.2 Å². The molecule has 2 atom stereocenters. The lowest BCUT2D eigenvalue weighted by Gasteiger charge is -2.28. The van der Waals surface area contributed by atoms with E-state index in [1.54, 1.807) is 0 Å². The molecule has 1 heterocycles. The van der Waals surface area contributed by atoms with Gasteiger partial charge in [-0.05, 0) is 25.0 Å². The Morgan fingerprint density at radius 2 is 2.24 bits per heavy atom. The van der Waals surface area contributed by atoms with E-state index in [0.29, 0.717) is 13.0 Å². The third-order valence-electron chi connectivity index (χ3n) is 3.42. The average molecular weight is 316 g/mol. The van der Waals surface area contributed by atoms with Crippen molar-refractivity contribution in [1.82, 2.24) is 5.32 Å². The van der Waals surface area contributed by atoms with Crippen LogP contribution >= 0.6 is 11.6 Å².